The van der Waals surface area contributed by atoms with E-state index in [9.17, 15) is 0 Å². The molecule has 0 bridgehead atoms. The lowest BCUT2D eigenvalue weighted by Gasteiger charge is -2.34. The maximum Gasteiger partial charge on any atom is 0.238 e. The van der Waals surface area contributed by atoms with Gasteiger partial charge in [0.2, 0.25) is 5.95 Å². The normalized spacial score (nSPS) is 12.1. The van der Waals surface area contributed by atoms with Crippen molar-refractivity contribution in [3.8, 4) is 17.6 Å². The van der Waals surface area contributed by atoms with Crippen LogP contribution in [-0.4, -0.2) is 31.7 Å². The topological polar surface area (TPSA) is 40.6 Å². The zero-order valence-electron chi connectivity index (χ0n) is 34.8. The number of nitrogens with zero attached hydrogens (tertiary/aromatic N) is 5. The molecule has 0 atom stereocenters. The molecule has 0 saturated heterocycles. The zero-order valence-corrected chi connectivity index (χ0v) is 35.8. The van der Waals surface area contributed by atoms with E-state index in [2.05, 4.69) is 250 Å². The van der Waals surface area contributed by atoms with Gasteiger partial charge in [-0.2, -0.15) is 9.97 Å². The van der Waals surface area contributed by atoms with Crippen molar-refractivity contribution in [2.45, 2.75) is 0 Å². The molecule has 0 fully saturated rings. The Labute approximate surface area is 370 Å². The molecular weight excluding hydrogens is 795 g/mol. The molecule has 0 N–H and O–H groups in total. The van der Waals surface area contributed by atoms with Gasteiger partial charge >= 0.3 is 0 Å². The van der Waals surface area contributed by atoms with Gasteiger partial charge in [-0.25, -0.2) is 0 Å². The van der Waals surface area contributed by atoms with Gasteiger partial charge in [0.25, 0.3) is 0 Å². The number of fused-ring (bicyclic) bond motifs is 9. The molecular formula is C58H39N5Si. The summed E-state index contributed by atoms with van der Waals surface area (Å²) in [4.78, 5) is 11.2. The van der Waals surface area contributed by atoms with E-state index in [0.717, 1.165) is 55.5 Å². The van der Waals surface area contributed by atoms with Crippen molar-refractivity contribution in [1.29, 1.82) is 0 Å². The van der Waals surface area contributed by atoms with Crippen LogP contribution in [0.2, 0.25) is 0 Å². The molecule has 5 nitrogen and oxygen atoms in total. The molecule has 4 heterocycles. The van der Waals surface area contributed by atoms with Gasteiger partial charge in [0.15, 0.2) is 8.07 Å². The third kappa shape index (κ3) is 5.30. The molecule has 0 saturated carbocycles. The standard InChI is InChI=1S/C58H39N5Si/c1-4-20-40(21-5-1)64(41-22-6-2-7-23-41,42-24-8-3-9-25-42)43-36-37-55-49(38-43)48-30-14-19-35-54(48)63(55)58-59-56(61-50-31-15-10-26-44(50)45-27-11-16-32-51(45)61)39-57(60-58)62-52-33-17-12-28-46(52)47-29-13-18-34-53(47)62/h1-39H. The number of rotatable bonds is 7. The SMILES string of the molecule is c1ccc([Si](c2ccccc2)(c2ccccc2)c2ccc3c(c2)c2ccccc2n3-c2nc(-n3c4ccccc4c4ccccc43)cc(-n3c4ccccc4c4ccccc43)n2)cc1. The monoisotopic (exact) mass is 833 g/mol. The summed E-state index contributed by atoms with van der Waals surface area (Å²) >= 11 is 0. The number of para-hydroxylation sites is 5. The first kappa shape index (κ1) is 36.3. The minimum Gasteiger partial charge on any atom is -0.294 e. The maximum absolute atomic E-state index is 5.61. The average Bonchev–Trinajstić information content (AvgIpc) is 4.01. The molecule has 64 heavy (non-hydrogen) atoms. The second-order valence-electron chi connectivity index (χ2n) is 16.6. The highest BCUT2D eigenvalue weighted by molar-refractivity contribution is 7.20. The summed E-state index contributed by atoms with van der Waals surface area (Å²) in [7, 11) is -2.82. The Hall–Kier alpha value is -8.32. The van der Waals surface area contributed by atoms with Crippen molar-refractivity contribution in [3.63, 3.8) is 0 Å². The van der Waals surface area contributed by atoms with Gasteiger partial charge in [-0.1, -0.05) is 194 Å². The Bertz CT molecular complexity index is 3570. The van der Waals surface area contributed by atoms with Crippen LogP contribution in [0.25, 0.3) is 83.0 Å². The van der Waals surface area contributed by atoms with E-state index in [0.29, 0.717) is 5.95 Å². The molecule has 0 unspecified atom stereocenters. The highest BCUT2D eigenvalue weighted by Gasteiger charge is 2.41. The molecule has 6 heteroatoms. The highest BCUT2D eigenvalue weighted by Crippen LogP contribution is 2.37. The third-order valence-corrected chi connectivity index (χ3v) is 18.0. The van der Waals surface area contributed by atoms with E-state index >= 15 is 0 Å². The fraction of sp³-hybridized carbons (Fsp3) is 0. The molecule has 0 aliphatic heterocycles. The van der Waals surface area contributed by atoms with Gasteiger partial charge in [-0.3, -0.25) is 13.7 Å². The van der Waals surface area contributed by atoms with Crippen molar-refractivity contribution in [1.82, 2.24) is 23.7 Å². The van der Waals surface area contributed by atoms with Crippen LogP contribution in [0.5, 0.6) is 0 Å². The fourth-order valence-electron chi connectivity index (χ4n) is 10.6. The van der Waals surface area contributed by atoms with Gasteiger partial charge in [0.1, 0.15) is 11.6 Å². The van der Waals surface area contributed by atoms with Crippen LogP contribution < -0.4 is 20.7 Å². The summed E-state index contributed by atoms with van der Waals surface area (Å²) in [5.41, 5.74) is 6.48. The summed E-state index contributed by atoms with van der Waals surface area (Å²) in [6.07, 6.45) is 0. The molecule has 300 valence electrons. The smallest absolute Gasteiger partial charge is 0.238 e. The summed E-state index contributed by atoms with van der Waals surface area (Å²) in [6, 6.07) is 86.0. The van der Waals surface area contributed by atoms with E-state index < -0.39 is 8.07 Å². The number of hydrogen-bond donors (Lipinski definition) is 0. The van der Waals surface area contributed by atoms with Crippen LogP contribution in [-0.2, 0) is 0 Å². The molecule has 13 rings (SSSR count). The lowest BCUT2D eigenvalue weighted by molar-refractivity contribution is 0.918. The van der Waals surface area contributed by atoms with Crippen LogP contribution in [0.15, 0.2) is 237 Å². The maximum atomic E-state index is 5.61. The quantitative estimate of drug-likeness (QED) is 0.119. The van der Waals surface area contributed by atoms with Crippen LogP contribution in [0.3, 0.4) is 0 Å². The molecule has 9 aromatic carbocycles. The first-order valence-electron chi connectivity index (χ1n) is 21.8. The molecule has 0 radical (unpaired) electrons. The molecule has 4 aromatic heterocycles. The fourth-order valence-corrected chi connectivity index (χ4v) is 15.3. The van der Waals surface area contributed by atoms with E-state index in [4.69, 9.17) is 9.97 Å². The number of aromatic nitrogens is 5. The van der Waals surface area contributed by atoms with Gasteiger partial charge in [-0.15, -0.1) is 0 Å². The predicted molar refractivity (Wildman–Crippen MR) is 269 cm³/mol. The van der Waals surface area contributed by atoms with Crippen molar-refractivity contribution in [3.05, 3.63) is 237 Å². The molecule has 0 aliphatic carbocycles. The van der Waals surface area contributed by atoms with Crippen molar-refractivity contribution in [2.75, 3.05) is 0 Å². The molecule has 0 aliphatic rings. The average molecular weight is 834 g/mol. The summed E-state index contributed by atoms with van der Waals surface area (Å²) in [5, 5.41) is 12.4. The van der Waals surface area contributed by atoms with Crippen LogP contribution in [0.1, 0.15) is 0 Å². The summed E-state index contributed by atoms with van der Waals surface area (Å²) < 4.78 is 6.89. The van der Waals surface area contributed by atoms with Gasteiger partial charge < -0.3 is 0 Å². The lowest BCUT2D eigenvalue weighted by atomic mass is 10.1. The Morgan fingerprint density at radius 2 is 0.562 bits per heavy atom. The van der Waals surface area contributed by atoms with Crippen LogP contribution >= 0.6 is 0 Å². The Kier molecular flexibility index (Phi) is 8.16. The van der Waals surface area contributed by atoms with E-state index in [1.165, 1.54) is 42.3 Å². The third-order valence-electron chi connectivity index (χ3n) is 13.2. The highest BCUT2D eigenvalue weighted by atomic mass is 28.3. The van der Waals surface area contributed by atoms with E-state index in [-0.39, 0.29) is 0 Å². The van der Waals surface area contributed by atoms with E-state index in [1.807, 2.05) is 0 Å². The van der Waals surface area contributed by atoms with Crippen molar-refractivity contribution < 1.29 is 0 Å². The summed E-state index contributed by atoms with van der Waals surface area (Å²) in [6.45, 7) is 0. The van der Waals surface area contributed by atoms with Gasteiger partial charge in [0, 0.05) is 38.4 Å². The first-order valence-corrected chi connectivity index (χ1v) is 23.8. The zero-order chi connectivity index (χ0) is 42.2. The Morgan fingerprint density at radius 1 is 0.250 bits per heavy atom. The number of hydrogen-bond acceptors (Lipinski definition) is 2. The molecule has 0 spiro atoms. The van der Waals surface area contributed by atoms with Crippen molar-refractivity contribution in [2.24, 2.45) is 0 Å². The molecule has 13 aromatic rings. The second-order valence-corrected chi connectivity index (χ2v) is 20.4. The minimum absolute atomic E-state index is 0.605. The minimum atomic E-state index is -2.82. The van der Waals surface area contributed by atoms with Crippen LogP contribution in [0.4, 0.5) is 0 Å². The van der Waals surface area contributed by atoms with Crippen molar-refractivity contribution >= 4 is 94.2 Å². The van der Waals surface area contributed by atoms with Gasteiger partial charge in [-0.05, 0) is 57.1 Å². The predicted octanol–water partition coefficient (Wildman–Crippen LogP) is 11.1. The van der Waals surface area contributed by atoms with Crippen LogP contribution in [0, 0.1) is 0 Å². The summed E-state index contributed by atoms with van der Waals surface area (Å²) in [5.74, 6) is 2.20. The van der Waals surface area contributed by atoms with E-state index in [1.54, 1.807) is 0 Å². The first-order chi connectivity index (χ1) is 31.8. The number of benzene rings is 9. The Balaban J connectivity index is 1.13. The molecule has 0 amide bonds. The lowest BCUT2D eigenvalue weighted by Crippen LogP contribution is -2.74. The largest absolute Gasteiger partial charge is 0.294 e. The second kappa shape index (κ2) is 14.4. The Morgan fingerprint density at radius 3 is 0.953 bits per heavy atom. The van der Waals surface area contributed by atoms with Gasteiger partial charge in [0.05, 0.1) is 33.1 Å².